The van der Waals surface area contributed by atoms with Crippen molar-refractivity contribution < 1.29 is 14.1 Å². The summed E-state index contributed by atoms with van der Waals surface area (Å²) in [5, 5.41) is 10.8. The predicted molar refractivity (Wildman–Crippen MR) is 122 cm³/mol. The summed E-state index contributed by atoms with van der Waals surface area (Å²) in [6.45, 7) is 2.04. The van der Waals surface area contributed by atoms with Crippen molar-refractivity contribution >= 4 is 51.7 Å². The third-order valence-corrected chi connectivity index (χ3v) is 5.97. The summed E-state index contributed by atoms with van der Waals surface area (Å²) in [7, 11) is 0. The minimum atomic E-state index is -0.448. The summed E-state index contributed by atoms with van der Waals surface area (Å²) in [5.41, 5.74) is 2.58. The van der Waals surface area contributed by atoms with E-state index in [0.717, 1.165) is 17.7 Å². The minimum Gasteiger partial charge on any atom is -0.457 e. The van der Waals surface area contributed by atoms with Crippen LogP contribution in [-0.2, 0) is 11.2 Å². The van der Waals surface area contributed by atoms with Crippen molar-refractivity contribution in [3.8, 4) is 11.3 Å². The quantitative estimate of drug-likeness (QED) is 0.217. The van der Waals surface area contributed by atoms with Gasteiger partial charge in [0, 0.05) is 23.8 Å². The Hall–Kier alpha value is -3.23. The minimum absolute atomic E-state index is 0.0153. The summed E-state index contributed by atoms with van der Waals surface area (Å²) >= 11 is 6.69. The number of amides is 1. The Kier molecular flexibility index (Phi) is 5.52. The molecule has 0 saturated carbocycles. The molecule has 2 aromatic carbocycles. The van der Waals surface area contributed by atoms with Crippen LogP contribution < -0.4 is 4.90 Å². The predicted octanol–water partition coefficient (Wildman–Crippen LogP) is 5.82. The molecule has 0 aliphatic carbocycles. The summed E-state index contributed by atoms with van der Waals surface area (Å²) < 4.78 is 6.31. The lowest BCUT2D eigenvalue weighted by Gasteiger charge is -2.17. The molecule has 0 unspecified atom stereocenters. The van der Waals surface area contributed by atoms with E-state index in [1.165, 1.54) is 23.9 Å². The molecule has 1 saturated heterocycles. The molecule has 3 aromatic rings. The van der Waals surface area contributed by atoms with E-state index in [0.29, 0.717) is 26.3 Å². The fraction of sp³-hybridized carbons (Fsp3) is 0.0909. The van der Waals surface area contributed by atoms with Gasteiger partial charge in [0.15, 0.2) is 4.32 Å². The van der Waals surface area contributed by atoms with E-state index < -0.39 is 4.92 Å². The second-order valence-electron chi connectivity index (χ2n) is 6.51. The average molecular weight is 437 g/mol. The Balaban J connectivity index is 1.59. The standard InChI is InChI=1S/C22H16N2O4S2/c1-2-14-5-3-4-6-18(14)23-21(25)20(30-22(23)29)13-17-11-12-19(28-17)15-7-9-16(10-8-15)24(26)27/h3-13H,2H2,1H3. The number of thioether (sulfide) groups is 1. The van der Waals surface area contributed by atoms with Crippen LogP contribution in [0.3, 0.4) is 0 Å². The average Bonchev–Trinajstić information content (AvgIpc) is 3.32. The number of furan rings is 1. The highest BCUT2D eigenvalue weighted by molar-refractivity contribution is 8.27. The zero-order valence-electron chi connectivity index (χ0n) is 15.9. The number of carbonyl (C=O) groups is 1. The van der Waals surface area contributed by atoms with Gasteiger partial charge in [0.1, 0.15) is 11.5 Å². The van der Waals surface area contributed by atoms with Crippen LogP contribution in [0.2, 0.25) is 0 Å². The monoisotopic (exact) mass is 436 g/mol. The number of hydrogen-bond donors (Lipinski definition) is 0. The first kappa shape index (κ1) is 20.1. The van der Waals surface area contributed by atoms with Crippen molar-refractivity contribution in [3.05, 3.63) is 87.0 Å². The third kappa shape index (κ3) is 3.79. The number of nitro benzene ring substituents is 1. The molecule has 0 bridgehead atoms. The molecule has 1 aliphatic rings. The van der Waals surface area contributed by atoms with Crippen LogP contribution in [0.4, 0.5) is 11.4 Å². The topological polar surface area (TPSA) is 76.6 Å². The first-order valence-corrected chi connectivity index (χ1v) is 10.4. The number of rotatable bonds is 5. The Labute approximate surface area is 182 Å². The molecule has 0 radical (unpaired) electrons. The molecule has 30 heavy (non-hydrogen) atoms. The lowest BCUT2D eigenvalue weighted by Crippen LogP contribution is -2.28. The molecule has 1 aromatic heterocycles. The maximum absolute atomic E-state index is 13.0. The van der Waals surface area contributed by atoms with Gasteiger partial charge in [0.05, 0.1) is 15.5 Å². The number of para-hydroxylation sites is 1. The molecular formula is C22H16N2O4S2. The highest BCUT2D eigenvalue weighted by Gasteiger charge is 2.34. The zero-order chi connectivity index (χ0) is 21.3. The number of aryl methyl sites for hydroxylation is 1. The Bertz CT molecular complexity index is 1180. The van der Waals surface area contributed by atoms with Gasteiger partial charge in [0.2, 0.25) is 0 Å². The first-order valence-electron chi connectivity index (χ1n) is 9.18. The molecule has 2 heterocycles. The van der Waals surface area contributed by atoms with Crippen LogP contribution in [0.25, 0.3) is 17.4 Å². The molecule has 0 spiro atoms. The Morgan fingerprint density at radius 1 is 1.13 bits per heavy atom. The van der Waals surface area contributed by atoms with Gasteiger partial charge in [0.25, 0.3) is 11.6 Å². The Morgan fingerprint density at radius 2 is 1.87 bits per heavy atom. The van der Waals surface area contributed by atoms with Crippen molar-refractivity contribution in [1.82, 2.24) is 0 Å². The molecule has 4 rings (SSSR count). The van der Waals surface area contributed by atoms with Gasteiger partial charge in [-0.2, -0.15) is 0 Å². The van der Waals surface area contributed by atoms with Crippen molar-refractivity contribution in [2.45, 2.75) is 13.3 Å². The van der Waals surface area contributed by atoms with E-state index in [9.17, 15) is 14.9 Å². The number of benzene rings is 2. The number of carbonyl (C=O) groups excluding carboxylic acids is 1. The summed E-state index contributed by atoms with van der Waals surface area (Å²) in [5.74, 6) is 0.884. The SMILES string of the molecule is CCc1ccccc1N1C(=O)C(=Cc2ccc(-c3ccc([N+](=O)[O-])cc3)o2)SC1=S. The molecule has 1 amide bonds. The maximum atomic E-state index is 13.0. The first-order chi connectivity index (χ1) is 14.5. The third-order valence-electron chi connectivity index (χ3n) is 4.67. The van der Waals surface area contributed by atoms with Crippen molar-refractivity contribution in [3.63, 3.8) is 0 Å². The van der Waals surface area contributed by atoms with Gasteiger partial charge in [-0.3, -0.25) is 19.8 Å². The molecule has 1 fully saturated rings. The Morgan fingerprint density at radius 3 is 2.57 bits per heavy atom. The van der Waals surface area contributed by atoms with Gasteiger partial charge in [-0.1, -0.05) is 49.1 Å². The van der Waals surface area contributed by atoms with E-state index in [4.69, 9.17) is 16.6 Å². The molecular weight excluding hydrogens is 420 g/mol. The number of nitrogens with zero attached hydrogens (tertiary/aromatic N) is 2. The van der Waals surface area contributed by atoms with Crippen LogP contribution in [-0.4, -0.2) is 15.2 Å². The second kappa shape index (κ2) is 8.25. The van der Waals surface area contributed by atoms with Gasteiger partial charge in [-0.05, 0) is 42.3 Å². The van der Waals surface area contributed by atoms with Crippen LogP contribution in [0, 0.1) is 10.1 Å². The fourth-order valence-corrected chi connectivity index (χ4v) is 4.43. The highest BCUT2D eigenvalue weighted by atomic mass is 32.2. The van der Waals surface area contributed by atoms with Gasteiger partial charge in [-0.15, -0.1) is 0 Å². The number of non-ortho nitro benzene ring substituents is 1. The molecule has 0 N–H and O–H groups in total. The number of thiocarbonyl (C=S) groups is 1. The van der Waals surface area contributed by atoms with E-state index in [-0.39, 0.29) is 11.6 Å². The van der Waals surface area contributed by atoms with Gasteiger partial charge >= 0.3 is 0 Å². The van der Waals surface area contributed by atoms with Crippen molar-refractivity contribution in [1.29, 1.82) is 0 Å². The van der Waals surface area contributed by atoms with Gasteiger partial charge < -0.3 is 4.42 Å². The lowest BCUT2D eigenvalue weighted by atomic mass is 10.1. The normalized spacial score (nSPS) is 15.2. The van der Waals surface area contributed by atoms with Crippen LogP contribution >= 0.6 is 24.0 Å². The van der Waals surface area contributed by atoms with E-state index in [2.05, 4.69) is 0 Å². The molecule has 8 heteroatoms. The van der Waals surface area contributed by atoms with Crippen LogP contribution in [0.1, 0.15) is 18.2 Å². The fourth-order valence-electron chi connectivity index (χ4n) is 3.17. The summed E-state index contributed by atoms with van der Waals surface area (Å²) in [4.78, 5) is 25.4. The van der Waals surface area contributed by atoms with Crippen molar-refractivity contribution in [2.75, 3.05) is 4.90 Å². The van der Waals surface area contributed by atoms with Crippen LogP contribution in [0.15, 0.2) is 70.0 Å². The number of hydrogen-bond acceptors (Lipinski definition) is 6. The second-order valence-corrected chi connectivity index (χ2v) is 8.18. The van der Waals surface area contributed by atoms with E-state index in [1.54, 1.807) is 35.2 Å². The number of nitro groups is 1. The van der Waals surface area contributed by atoms with Gasteiger partial charge in [-0.25, -0.2) is 0 Å². The molecule has 1 aliphatic heterocycles. The zero-order valence-corrected chi connectivity index (χ0v) is 17.5. The molecule has 150 valence electrons. The summed E-state index contributed by atoms with van der Waals surface area (Å²) in [6.07, 6.45) is 2.46. The van der Waals surface area contributed by atoms with Crippen LogP contribution in [0.5, 0.6) is 0 Å². The molecule has 0 atom stereocenters. The van der Waals surface area contributed by atoms with E-state index >= 15 is 0 Å². The smallest absolute Gasteiger partial charge is 0.270 e. The largest absolute Gasteiger partial charge is 0.457 e. The van der Waals surface area contributed by atoms with Crippen molar-refractivity contribution in [2.24, 2.45) is 0 Å². The molecule has 6 nitrogen and oxygen atoms in total. The maximum Gasteiger partial charge on any atom is 0.270 e. The lowest BCUT2D eigenvalue weighted by molar-refractivity contribution is -0.384. The number of anilines is 1. The van der Waals surface area contributed by atoms with E-state index in [1.807, 2.05) is 31.2 Å². The summed E-state index contributed by atoms with van der Waals surface area (Å²) in [6, 6.07) is 17.3. The highest BCUT2D eigenvalue weighted by Crippen LogP contribution is 2.38.